The monoisotopic (exact) mass is 316 g/mol. The highest BCUT2D eigenvalue weighted by atomic mass is 32.2. The van der Waals surface area contributed by atoms with Crippen LogP contribution in [0.2, 0.25) is 0 Å². The summed E-state index contributed by atoms with van der Waals surface area (Å²) in [6.07, 6.45) is 2.01. The van der Waals surface area contributed by atoms with Crippen molar-refractivity contribution in [2.45, 2.75) is 38.6 Å². The number of likely N-dealkylation sites (tertiary alicyclic amines) is 1. The van der Waals surface area contributed by atoms with E-state index in [0.717, 1.165) is 19.4 Å². The second kappa shape index (κ2) is 6.41. The fraction of sp³-hybridized carbons (Fsp3) is 0.846. The molecule has 0 radical (unpaired) electrons. The molecule has 0 amide bonds. The summed E-state index contributed by atoms with van der Waals surface area (Å²) in [5, 5.41) is 8.01. The van der Waals surface area contributed by atoms with Crippen LogP contribution in [0.25, 0.3) is 0 Å². The third-order valence-corrected chi connectivity index (χ3v) is 5.98. The molecule has 0 saturated carbocycles. The molecule has 1 aromatic heterocycles. The van der Waals surface area contributed by atoms with Gasteiger partial charge >= 0.3 is 0 Å². The van der Waals surface area contributed by atoms with Gasteiger partial charge in [0.15, 0.2) is 0 Å². The van der Waals surface area contributed by atoms with Crippen LogP contribution in [0.3, 0.4) is 0 Å². The van der Waals surface area contributed by atoms with Gasteiger partial charge in [0.2, 0.25) is 21.8 Å². The SMILES string of the molecule is Cc1nnc([C@H]2CCCN(CCS(=O)(=O)N(C)C)[C@H]2C)o1. The van der Waals surface area contributed by atoms with Gasteiger partial charge in [0.25, 0.3) is 0 Å². The summed E-state index contributed by atoms with van der Waals surface area (Å²) in [6, 6.07) is 0.205. The lowest BCUT2D eigenvalue weighted by atomic mass is 9.90. The Bertz CT molecular complexity index is 570. The summed E-state index contributed by atoms with van der Waals surface area (Å²) in [4.78, 5) is 2.20. The smallest absolute Gasteiger partial charge is 0.221 e. The van der Waals surface area contributed by atoms with Crippen molar-refractivity contribution in [1.29, 1.82) is 0 Å². The van der Waals surface area contributed by atoms with Crippen LogP contribution in [0.5, 0.6) is 0 Å². The summed E-state index contributed by atoms with van der Waals surface area (Å²) >= 11 is 0. The number of piperidine rings is 1. The first kappa shape index (κ1) is 16.4. The van der Waals surface area contributed by atoms with E-state index in [9.17, 15) is 8.42 Å². The van der Waals surface area contributed by atoms with E-state index >= 15 is 0 Å². The van der Waals surface area contributed by atoms with Crippen molar-refractivity contribution in [3.63, 3.8) is 0 Å². The minimum Gasteiger partial charge on any atom is -0.425 e. The summed E-state index contributed by atoms with van der Waals surface area (Å²) in [7, 11) is -0.0219. The maximum Gasteiger partial charge on any atom is 0.221 e. The number of aryl methyl sites for hydroxylation is 1. The third-order valence-electron chi connectivity index (χ3n) is 4.17. The molecule has 21 heavy (non-hydrogen) atoms. The maximum atomic E-state index is 11.9. The van der Waals surface area contributed by atoms with Crippen molar-refractivity contribution in [2.75, 3.05) is 32.9 Å². The van der Waals surface area contributed by atoms with Crippen molar-refractivity contribution >= 4 is 10.0 Å². The van der Waals surface area contributed by atoms with E-state index in [-0.39, 0.29) is 17.7 Å². The highest BCUT2D eigenvalue weighted by Crippen LogP contribution is 2.31. The molecule has 0 bridgehead atoms. The fourth-order valence-electron chi connectivity index (χ4n) is 2.74. The third kappa shape index (κ3) is 3.81. The molecular weight excluding hydrogens is 292 g/mol. The second-order valence-corrected chi connectivity index (χ2v) is 8.09. The summed E-state index contributed by atoms with van der Waals surface area (Å²) in [5.74, 6) is 1.56. The lowest BCUT2D eigenvalue weighted by molar-refractivity contribution is 0.133. The number of hydrogen-bond donors (Lipinski definition) is 0. The van der Waals surface area contributed by atoms with Gasteiger partial charge in [0.1, 0.15) is 0 Å². The number of hydrogen-bond acceptors (Lipinski definition) is 6. The Morgan fingerprint density at radius 3 is 2.67 bits per heavy atom. The topological polar surface area (TPSA) is 79.5 Å². The first-order chi connectivity index (χ1) is 9.81. The molecule has 120 valence electrons. The van der Waals surface area contributed by atoms with E-state index in [4.69, 9.17) is 4.42 Å². The molecule has 0 unspecified atom stereocenters. The molecule has 8 heteroatoms. The number of aromatic nitrogens is 2. The Kier molecular flexibility index (Phi) is 5.00. The van der Waals surface area contributed by atoms with Crippen molar-refractivity contribution in [3.8, 4) is 0 Å². The Hall–Kier alpha value is -0.990. The number of sulfonamides is 1. The van der Waals surface area contributed by atoms with Crippen molar-refractivity contribution in [2.24, 2.45) is 0 Å². The van der Waals surface area contributed by atoms with E-state index in [0.29, 0.717) is 18.3 Å². The summed E-state index contributed by atoms with van der Waals surface area (Å²) in [5.41, 5.74) is 0. The summed E-state index contributed by atoms with van der Waals surface area (Å²) in [6.45, 7) is 5.33. The van der Waals surface area contributed by atoms with Gasteiger partial charge in [-0.1, -0.05) is 0 Å². The van der Waals surface area contributed by atoms with Crippen LogP contribution in [0.1, 0.15) is 37.5 Å². The molecule has 0 aliphatic carbocycles. The minimum absolute atomic E-state index is 0.139. The second-order valence-electron chi connectivity index (χ2n) is 5.78. The molecule has 2 heterocycles. The summed E-state index contributed by atoms with van der Waals surface area (Å²) < 4.78 is 30.6. The lowest BCUT2D eigenvalue weighted by Gasteiger charge is -2.37. The molecule has 1 saturated heterocycles. The van der Waals surface area contributed by atoms with Gasteiger partial charge in [0.05, 0.1) is 11.7 Å². The highest BCUT2D eigenvalue weighted by molar-refractivity contribution is 7.89. The highest BCUT2D eigenvalue weighted by Gasteiger charge is 2.33. The fourth-order valence-corrected chi connectivity index (χ4v) is 3.57. The van der Waals surface area contributed by atoms with E-state index in [1.54, 1.807) is 21.0 Å². The molecule has 1 fully saturated rings. The van der Waals surface area contributed by atoms with Gasteiger partial charge in [-0.2, -0.15) is 0 Å². The standard InChI is InChI=1S/C13H24N4O3S/c1-10-12(13-15-14-11(2)20-13)6-5-7-17(10)8-9-21(18,19)16(3)4/h10,12H,5-9H2,1-4H3/t10-,12-/m0/s1. The normalized spacial score (nSPS) is 24.6. The largest absolute Gasteiger partial charge is 0.425 e. The molecule has 2 atom stereocenters. The average molecular weight is 316 g/mol. The van der Waals surface area contributed by atoms with Crippen LogP contribution >= 0.6 is 0 Å². The first-order valence-electron chi connectivity index (χ1n) is 7.25. The molecule has 7 nitrogen and oxygen atoms in total. The van der Waals surface area contributed by atoms with Gasteiger partial charge in [-0.15, -0.1) is 10.2 Å². The van der Waals surface area contributed by atoms with Crippen LogP contribution in [0.15, 0.2) is 4.42 Å². The molecular formula is C13H24N4O3S. The molecule has 1 aliphatic rings. The molecule has 0 aromatic carbocycles. The zero-order chi connectivity index (χ0) is 15.6. The number of rotatable bonds is 5. The number of nitrogens with zero attached hydrogens (tertiary/aromatic N) is 4. The predicted octanol–water partition coefficient (Wildman–Crippen LogP) is 0.837. The quantitative estimate of drug-likeness (QED) is 0.801. The molecule has 0 N–H and O–H groups in total. The molecule has 2 rings (SSSR count). The average Bonchev–Trinajstić information content (AvgIpc) is 2.84. The van der Waals surface area contributed by atoms with Crippen LogP contribution < -0.4 is 0 Å². The zero-order valence-corrected chi connectivity index (χ0v) is 13.9. The van der Waals surface area contributed by atoms with E-state index in [1.807, 2.05) is 0 Å². The van der Waals surface area contributed by atoms with E-state index in [2.05, 4.69) is 22.0 Å². The van der Waals surface area contributed by atoms with Crippen molar-refractivity contribution < 1.29 is 12.8 Å². The van der Waals surface area contributed by atoms with Gasteiger partial charge in [0, 0.05) is 33.6 Å². The Morgan fingerprint density at radius 2 is 2.10 bits per heavy atom. The first-order valence-corrected chi connectivity index (χ1v) is 8.86. The van der Waals surface area contributed by atoms with Gasteiger partial charge < -0.3 is 4.42 Å². The van der Waals surface area contributed by atoms with Crippen molar-refractivity contribution in [3.05, 3.63) is 11.8 Å². The maximum absolute atomic E-state index is 11.9. The predicted molar refractivity (Wildman–Crippen MR) is 79.5 cm³/mol. The van der Waals surface area contributed by atoms with Crippen LogP contribution in [0.4, 0.5) is 0 Å². The lowest BCUT2D eigenvalue weighted by Crippen LogP contribution is -2.45. The van der Waals surface area contributed by atoms with E-state index < -0.39 is 10.0 Å². The van der Waals surface area contributed by atoms with Gasteiger partial charge in [-0.3, -0.25) is 4.90 Å². The van der Waals surface area contributed by atoms with Gasteiger partial charge in [-0.05, 0) is 26.3 Å². The van der Waals surface area contributed by atoms with E-state index in [1.165, 1.54) is 4.31 Å². The van der Waals surface area contributed by atoms with Crippen LogP contribution in [-0.2, 0) is 10.0 Å². The zero-order valence-electron chi connectivity index (χ0n) is 13.1. The minimum atomic E-state index is -3.16. The van der Waals surface area contributed by atoms with Crippen LogP contribution in [0, 0.1) is 6.92 Å². The Labute approximate surface area is 126 Å². The Morgan fingerprint density at radius 1 is 1.38 bits per heavy atom. The molecule has 1 aliphatic heterocycles. The van der Waals surface area contributed by atoms with Crippen molar-refractivity contribution in [1.82, 2.24) is 19.4 Å². The molecule has 1 aromatic rings. The van der Waals surface area contributed by atoms with Crippen LogP contribution in [-0.4, -0.2) is 66.8 Å². The van der Waals surface area contributed by atoms with Gasteiger partial charge in [-0.25, -0.2) is 12.7 Å². The Balaban J connectivity index is 2.01. The molecule has 0 spiro atoms.